The zero-order chi connectivity index (χ0) is 10.3. The first-order valence-electron chi connectivity index (χ1n) is 4.72. The molecule has 0 saturated carbocycles. The quantitative estimate of drug-likeness (QED) is 0.529. The lowest BCUT2D eigenvalue weighted by Crippen LogP contribution is -2.53. The molecule has 13 heavy (non-hydrogen) atoms. The van der Waals surface area contributed by atoms with Crippen LogP contribution in [0.4, 0.5) is 0 Å². The zero-order valence-electron chi connectivity index (χ0n) is 8.87. The minimum Gasteiger partial charge on any atom is -0.373 e. The number of rotatable bonds is 7. The van der Waals surface area contributed by atoms with Crippen LogP contribution in [0.5, 0.6) is 0 Å². The van der Waals surface area contributed by atoms with Crippen LogP contribution < -0.4 is 0 Å². The maximum Gasteiger partial charge on any atom is 0.514 e. The van der Waals surface area contributed by atoms with E-state index in [0.29, 0.717) is 19.8 Å². The Kier molecular flexibility index (Phi) is 7.07. The first-order valence-corrected chi connectivity index (χ1v) is 7.04. The van der Waals surface area contributed by atoms with E-state index in [1.54, 1.807) is 0 Å². The number of hydrogen-bond donors (Lipinski definition) is 1. The third kappa shape index (κ3) is 3.99. The molecule has 0 amide bonds. The minimum atomic E-state index is -2.51. The molecule has 1 atom stereocenters. The van der Waals surface area contributed by atoms with E-state index in [0.717, 1.165) is 0 Å². The molecule has 1 unspecified atom stereocenters. The molecule has 0 aliphatic rings. The molecule has 0 fully saturated rings. The van der Waals surface area contributed by atoms with E-state index in [1.807, 2.05) is 27.7 Å². The van der Waals surface area contributed by atoms with Gasteiger partial charge in [-0.25, -0.2) is 0 Å². The van der Waals surface area contributed by atoms with Crippen molar-refractivity contribution in [1.82, 2.24) is 0 Å². The smallest absolute Gasteiger partial charge is 0.373 e. The molecular weight excluding hydrogens is 204 g/mol. The molecule has 0 aromatic rings. The normalized spacial score (nSPS) is 14.5. The van der Waals surface area contributed by atoms with Crippen molar-refractivity contribution in [2.24, 2.45) is 0 Å². The Hall–Kier alpha value is 0.447. The van der Waals surface area contributed by atoms with E-state index in [-0.39, 0.29) is 4.87 Å². The molecule has 0 bridgehead atoms. The molecule has 0 radical (unpaired) electrons. The first kappa shape index (κ1) is 13.4. The third-order valence-electron chi connectivity index (χ3n) is 1.55. The van der Waals surface area contributed by atoms with Gasteiger partial charge in [0, 0.05) is 19.8 Å². The summed E-state index contributed by atoms with van der Waals surface area (Å²) in [6, 6.07) is 0. The van der Waals surface area contributed by atoms with Crippen LogP contribution >= 0.6 is 12.6 Å². The second-order valence-electron chi connectivity index (χ2n) is 2.58. The summed E-state index contributed by atoms with van der Waals surface area (Å²) in [6.07, 6.45) is 0. The van der Waals surface area contributed by atoms with Crippen LogP contribution in [0.2, 0.25) is 0 Å². The highest BCUT2D eigenvalue weighted by Gasteiger charge is 2.45. The van der Waals surface area contributed by atoms with Crippen LogP contribution in [-0.4, -0.2) is 33.5 Å². The molecule has 0 aromatic heterocycles. The molecule has 0 heterocycles. The Morgan fingerprint density at radius 2 is 1.31 bits per heavy atom. The molecule has 5 heteroatoms. The fourth-order valence-electron chi connectivity index (χ4n) is 1.09. The van der Waals surface area contributed by atoms with Gasteiger partial charge in [-0.1, -0.05) is 0 Å². The van der Waals surface area contributed by atoms with Gasteiger partial charge in [0.05, 0.1) is 4.87 Å². The van der Waals surface area contributed by atoms with Crippen molar-refractivity contribution < 1.29 is 13.3 Å². The number of hydrogen-bond acceptors (Lipinski definition) is 4. The average molecular weight is 224 g/mol. The van der Waals surface area contributed by atoms with Crippen molar-refractivity contribution in [2.75, 3.05) is 19.8 Å². The van der Waals surface area contributed by atoms with Crippen LogP contribution in [0.3, 0.4) is 0 Å². The second-order valence-corrected chi connectivity index (χ2v) is 6.78. The van der Waals surface area contributed by atoms with Crippen molar-refractivity contribution in [3.05, 3.63) is 0 Å². The first-order chi connectivity index (χ1) is 6.13. The van der Waals surface area contributed by atoms with Gasteiger partial charge in [0.2, 0.25) is 0 Å². The topological polar surface area (TPSA) is 27.7 Å². The van der Waals surface area contributed by atoms with Gasteiger partial charge >= 0.3 is 8.80 Å². The van der Waals surface area contributed by atoms with Crippen LogP contribution in [0, 0.1) is 0 Å². The molecule has 0 aliphatic heterocycles. The summed E-state index contributed by atoms with van der Waals surface area (Å²) in [4.78, 5) is 0.0207. The Labute approximate surface area is 87.5 Å². The van der Waals surface area contributed by atoms with E-state index in [1.165, 1.54) is 0 Å². The molecule has 0 N–H and O–H groups in total. The van der Waals surface area contributed by atoms with Gasteiger partial charge in [-0.15, -0.1) is 0 Å². The zero-order valence-corrected chi connectivity index (χ0v) is 10.8. The lowest BCUT2D eigenvalue weighted by molar-refractivity contribution is 0.0709. The summed E-state index contributed by atoms with van der Waals surface area (Å²) in [6.45, 7) is 9.60. The molecule has 3 nitrogen and oxygen atoms in total. The fourth-order valence-corrected chi connectivity index (χ4v) is 3.94. The summed E-state index contributed by atoms with van der Waals surface area (Å²) in [5.41, 5.74) is 0. The van der Waals surface area contributed by atoms with Crippen molar-refractivity contribution >= 4 is 21.4 Å². The van der Waals surface area contributed by atoms with Crippen molar-refractivity contribution in [3.63, 3.8) is 0 Å². The highest BCUT2D eigenvalue weighted by molar-refractivity contribution is 7.82. The standard InChI is InChI=1S/C8H20O3SSi/c1-5-9-13(8(4)12,10-6-2)11-7-3/h8,12H,5-7H2,1-4H3. The molecule has 0 saturated heterocycles. The van der Waals surface area contributed by atoms with Gasteiger partial charge in [-0.05, 0) is 27.7 Å². The maximum absolute atomic E-state index is 5.59. The third-order valence-corrected chi connectivity index (χ3v) is 5.59. The van der Waals surface area contributed by atoms with Crippen molar-refractivity contribution in [1.29, 1.82) is 0 Å². The summed E-state index contributed by atoms with van der Waals surface area (Å²) >= 11 is 4.37. The lowest BCUT2D eigenvalue weighted by Gasteiger charge is -2.30. The predicted molar refractivity (Wildman–Crippen MR) is 59.1 cm³/mol. The highest BCUT2D eigenvalue weighted by Crippen LogP contribution is 2.18. The molecule has 80 valence electrons. The van der Waals surface area contributed by atoms with E-state index in [4.69, 9.17) is 13.3 Å². The van der Waals surface area contributed by atoms with Gasteiger partial charge in [-0.3, -0.25) is 0 Å². The largest absolute Gasteiger partial charge is 0.514 e. The monoisotopic (exact) mass is 224 g/mol. The Bertz CT molecular complexity index is 116. The SMILES string of the molecule is CCO[Si](OCC)(OCC)C(C)S. The van der Waals surface area contributed by atoms with Gasteiger partial charge in [-0.2, -0.15) is 12.6 Å². The lowest BCUT2D eigenvalue weighted by atomic mass is 10.9. The molecule has 0 spiro atoms. The maximum atomic E-state index is 5.59. The molecular formula is C8H20O3SSi. The second kappa shape index (κ2) is 6.84. The van der Waals surface area contributed by atoms with E-state index < -0.39 is 8.80 Å². The van der Waals surface area contributed by atoms with Gasteiger partial charge < -0.3 is 13.3 Å². The molecule has 0 aliphatic carbocycles. The van der Waals surface area contributed by atoms with E-state index in [2.05, 4.69) is 12.6 Å². The Morgan fingerprint density at radius 1 is 1.00 bits per heavy atom. The summed E-state index contributed by atoms with van der Waals surface area (Å²) in [5.74, 6) is 0. The van der Waals surface area contributed by atoms with Gasteiger partial charge in [0.15, 0.2) is 0 Å². The van der Waals surface area contributed by atoms with Gasteiger partial charge in [0.25, 0.3) is 0 Å². The summed E-state index contributed by atoms with van der Waals surface area (Å²) < 4.78 is 16.8. The van der Waals surface area contributed by atoms with Crippen LogP contribution in [0.15, 0.2) is 0 Å². The highest BCUT2D eigenvalue weighted by atomic mass is 32.1. The predicted octanol–water partition coefficient (Wildman–Crippen LogP) is 1.89. The summed E-state index contributed by atoms with van der Waals surface area (Å²) in [7, 11) is -2.51. The fraction of sp³-hybridized carbons (Fsp3) is 1.00. The molecule has 0 aromatic carbocycles. The van der Waals surface area contributed by atoms with Crippen LogP contribution in [0.25, 0.3) is 0 Å². The van der Waals surface area contributed by atoms with E-state index >= 15 is 0 Å². The minimum absolute atomic E-state index is 0.0207. The van der Waals surface area contributed by atoms with Crippen LogP contribution in [0.1, 0.15) is 27.7 Å². The molecule has 0 rings (SSSR count). The Balaban J connectivity index is 4.38. The van der Waals surface area contributed by atoms with Crippen molar-refractivity contribution in [3.8, 4) is 0 Å². The van der Waals surface area contributed by atoms with Crippen molar-refractivity contribution in [2.45, 2.75) is 32.6 Å². The van der Waals surface area contributed by atoms with Gasteiger partial charge in [0.1, 0.15) is 0 Å². The summed E-state index contributed by atoms with van der Waals surface area (Å²) in [5, 5.41) is 0. The van der Waals surface area contributed by atoms with Crippen LogP contribution in [-0.2, 0) is 13.3 Å². The van der Waals surface area contributed by atoms with E-state index in [9.17, 15) is 0 Å². The number of thiol groups is 1. The Morgan fingerprint density at radius 3 is 1.46 bits per heavy atom. The average Bonchev–Trinajstić information content (AvgIpc) is 2.05.